The molecule has 18 heavy (non-hydrogen) atoms. The maximum absolute atomic E-state index is 11.5. The van der Waals surface area contributed by atoms with Crippen LogP contribution in [-0.2, 0) is 16.2 Å². The molecule has 3 nitrogen and oxygen atoms in total. The first-order valence-corrected chi connectivity index (χ1v) is 6.50. The fraction of sp³-hybridized carbons (Fsp3) is 0.467. The van der Waals surface area contributed by atoms with Crippen molar-refractivity contribution in [3.8, 4) is 0 Å². The first kappa shape index (κ1) is 14.7. The van der Waals surface area contributed by atoms with Gasteiger partial charge in [0.05, 0.1) is 12.2 Å². The smallest absolute Gasteiger partial charge is 0.293 e. The van der Waals surface area contributed by atoms with Crippen LogP contribution in [0.15, 0.2) is 24.3 Å². The van der Waals surface area contributed by atoms with Crippen LogP contribution in [0.5, 0.6) is 0 Å². The van der Waals surface area contributed by atoms with Gasteiger partial charge < -0.3 is 0 Å². The minimum absolute atomic E-state index is 0.320. The Morgan fingerprint density at radius 2 is 1.94 bits per heavy atom. The predicted molar refractivity (Wildman–Crippen MR) is 71.0 cm³/mol. The molecule has 0 amide bonds. The molecule has 1 aromatic carbocycles. The normalized spacial score (nSPS) is 10.3. The molecular weight excluding hydrogens is 228 g/mol. The number of benzene rings is 1. The summed E-state index contributed by atoms with van der Waals surface area (Å²) in [5.74, 6) is -0.455. The van der Waals surface area contributed by atoms with E-state index in [-0.39, 0.29) is 0 Å². The van der Waals surface area contributed by atoms with Gasteiger partial charge in [0.1, 0.15) is 0 Å². The fourth-order valence-corrected chi connectivity index (χ4v) is 1.59. The SMILES string of the molecule is [CH2]CCOOC(=O)c1ccc(CCCCC)cc1. The van der Waals surface area contributed by atoms with Gasteiger partial charge in [-0.1, -0.05) is 38.8 Å². The third-order valence-electron chi connectivity index (χ3n) is 2.62. The third kappa shape index (κ3) is 5.32. The molecule has 99 valence electrons. The van der Waals surface area contributed by atoms with E-state index in [1.165, 1.54) is 24.8 Å². The number of carbonyl (C=O) groups excluding carboxylic acids is 1. The predicted octanol–water partition coefficient (Wildman–Crippen LogP) is 3.73. The fourth-order valence-electron chi connectivity index (χ4n) is 1.59. The van der Waals surface area contributed by atoms with Crippen molar-refractivity contribution in [2.75, 3.05) is 6.61 Å². The molecule has 1 rings (SSSR count). The molecule has 0 spiro atoms. The van der Waals surface area contributed by atoms with Gasteiger partial charge in [0, 0.05) is 0 Å². The highest BCUT2D eigenvalue weighted by atomic mass is 17.2. The van der Waals surface area contributed by atoms with Crippen LogP contribution >= 0.6 is 0 Å². The standard InChI is InChI=1S/C15H21O3/c1-3-5-6-7-13-8-10-14(11-9-13)15(16)18-17-12-4-2/h8-11H,2-7,12H2,1H3. The van der Waals surface area contributed by atoms with Crippen LogP contribution in [0.3, 0.4) is 0 Å². The summed E-state index contributed by atoms with van der Waals surface area (Å²) in [5.41, 5.74) is 1.76. The molecule has 0 heterocycles. The molecule has 0 N–H and O–H groups in total. The second kappa shape index (κ2) is 8.70. The van der Waals surface area contributed by atoms with Gasteiger partial charge in [0.25, 0.3) is 0 Å². The van der Waals surface area contributed by atoms with Crippen LogP contribution in [0.1, 0.15) is 48.5 Å². The molecule has 0 unspecified atom stereocenters. The zero-order valence-corrected chi connectivity index (χ0v) is 11.0. The van der Waals surface area contributed by atoms with Crippen LogP contribution in [0.4, 0.5) is 0 Å². The summed E-state index contributed by atoms with van der Waals surface area (Å²) in [5, 5.41) is 0. The van der Waals surface area contributed by atoms with Crippen LogP contribution < -0.4 is 0 Å². The van der Waals surface area contributed by atoms with Crippen LogP contribution in [0, 0.1) is 6.92 Å². The van der Waals surface area contributed by atoms with Crippen molar-refractivity contribution < 1.29 is 14.6 Å². The van der Waals surface area contributed by atoms with Crippen LogP contribution in [0.25, 0.3) is 0 Å². The Morgan fingerprint density at radius 3 is 2.56 bits per heavy atom. The van der Waals surface area contributed by atoms with Crippen molar-refractivity contribution >= 4 is 5.97 Å². The number of carbonyl (C=O) groups is 1. The largest absolute Gasteiger partial charge is 0.373 e. The Labute approximate surface area is 109 Å². The zero-order chi connectivity index (χ0) is 13.2. The Balaban J connectivity index is 2.41. The summed E-state index contributed by atoms with van der Waals surface area (Å²) in [4.78, 5) is 20.8. The molecule has 3 heteroatoms. The van der Waals surface area contributed by atoms with Crippen molar-refractivity contribution in [2.45, 2.75) is 39.0 Å². The van der Waals surface area contributed by atoms with Crippen LogP contribution in [-0.4, -0.2) is 12.6 Å². The molecular formula is C15H21O3. The Hall–Kier alpha value is -1.35. The van der Waals surface area contributed by atoms with Crippen molar-refractivity contribution in [1.29, 1.82) is 0 Å². The van der Waals surface area contributed by atoms with Gasteiger partial charge in [-0.25, -0.2) is 4.79 Å². The average Bonchev–Trinajstić information content (AvgIpc) is 2.40. The summed E-state index contributed by atoms with van der Waals surface area (Å²) in [7, 11) is 0. The second-order valence-electron chi connectivity index (χ2n) is 4.20. The Kier molecular flexibility index (Phi) is 7.11. The molecule has 0 saturated carbocycles. The Morgan fingerprint density at radius 1 is 1.22 bits per heavy atom. The molecule has 0 bridgehead atoms. The Bertz CT molecular complexity index is 343. The minimum Gasteiger partial charge on any atom is -0.293 e. The summed E-state index contributed by atoms with van der Waals surface area (Å²) in [6.45, 7) is 6.09. The quantitative estimate of drug-likeness (QED) is 0.400. The number of aryl methyl sites for hydroxylation is 1. The van der Waals surface area contributed by atoms with Crippen LogP contribution in [0.2, 0.25) is 0 Å². The average molecular weight is 249 g/mol. The number of rotatable bonds is 8. The van der Waals surface area contributed by atoms with Gasteiger partial charge in [0.15, 0.2) is 0 Å². The van der Waals surface area contributed by atoms with Gasteiger partial charge in [0.2, 0.25) is 0 Å². The van der Waals surface area contributed by atoms with Gasteiger partial charge >= 0.3 is 5.97 Å². The first-order valence-electron chi connectivity index (χ1n) is 6.50. The topological polar surface area (TPSA) is 35.5 Å². The third-order valence-corrected chi connectivity index (χ3v) is 2.62. The molecule has 0 aliphatic carbocycles. The van der Waals surface area contributed by atoms with Gasteiger partial charge in [-0.05, 0) is 37.0 Å². The number of hydrogen-bond acceptors (Lipinski definition) is 3. The highest BCUT2D eigenvalue weighted by molar-refractivity contribution is 5.88. The highest BCUT2D eigenvalue weighted by Crippen LogP contribution is 2.10. The molecule has 1 radical (unpaired) electrons. The maximum Gasteiger partial charge on any atom is 0.373 e. The van der Waals surface area contributed by atoms with Gasteiger partial charge in [-0.15, -0.1) is 0 Å². The van der Waals surface area contributed by atoms with Gasteiger partial charge in [-0.2, -0.15) is 4.89 Å². The molecule has 0 aromatic heterocycles. The van der Waals surface area contributed by atoms with E-state index in [0.29, 0.717) is 18.6 Å². The minimum atomic E-state index is -0.455. The van der Waals surface area contributed by atoms with Crippen molar-refractivity contribution in [3.05, 3.63) is 42.3 Å². The molecule has 0 saturated heterocycles. The molecule has 0 aliphatic heterocycles. The van der Waals surface area contributed by atoms with E-state index < -0.39 is 5.97 Å². The lowest BCUT2D eigenvalue weighted by atomic mass is 10.1. The molecule has 1 aromatic rings. The lowest BCUT2D eigenvalue weighted by Crippen LogP contribution is -2.06. The molecule has 0 fully saturated rings. The van der Waals surface area contributed by atoms with E-state index in [1.807, 2.05) is 12.1 Å². The maximum atomic E-state index is 11.5. The summed E-state index contributed by atoms with van der Waals surface area (Å²) in [6, 6.07) is 7.48. The van der Waals surface area contributed by atoms with Crippen molar-refractivity contribution in [3.63, 3.8) is 0 Å². The van der Waals surface area contributed by atoms with E-state index in [2.05, 4.69) is 18.7 Å². The zero-order valence-electron chi connectivity index (χ0n) is 11.0. The summed E-state index contributed by atoms with van der Waals surface area (Å²) >= 11 is 0. The van der Waals surface area contributed by atoms with Gasteiger partial charge in [-0.3, -0.25) is 4.89 Å². The lowest BCUT2D eigenvalue weighted by Gasteiger charge is -2.04. The second-order valence-corrected chi connectivity index (χ2v) is 4.20. The monoisotopic (exact) mass is 249 g/mol. The van der Waals surface area contributed by atoms with E-state index in [0.717, 1.165) is 6.42 Å². The van der Waals surface area contributed by atoms with E-state index in [1.54, 1.807) is 12.1 Å². The lowest BCUT2D eigenvalue weighted by molar-refractivity contribution is -0.239. The van der Waals surface area contributed by atoms with Crippen molar-refractivity contribution in [1.82, 2.24) is 0 Å². The molecule has 0 atom stereocenters. The van der Waals surface area contributed by atoms with Crippen molar-refractivity contribution in [2.24, 2.45) is 0 Å². The summed E-state index contributed by atoms with van der Waals surface area (Å²) < 4.78 is 0. The van der Waals surface area contributed by atoms with E-state index in [4.69, 9.17) is 4.89 Å². The first-order chi connectivity index (χ1) is 8.77. The number of unbranched alkanes of at least 4 members (excludes halogenated alkanes) is 2. The number of hydrogen-bond donors (Lipinski definition) is 0. The molecule has 0 aliphatic rings. The van der Waals surface area contributed by atoms with E-state index >= 15 is 0 Å². The van der Waals surface area contributed by atoms with E-state index in [9.17, 15) is 4.79 Å². The highest BCUT2D eigenvalue weighted by Gasteiger charge is 2.07. The summed E-state index contributed by atoms with van der Waals surface area (Å²) in [6.07, 6.45) is 5.27.